The van der Waals surface area contributed by atoms with Gasteiger partial charge in [0.2, 0.25) is 0 Å². The lowest BCUT2D eigenvalue weighted by atomic mass is 9.85. The van der Waals surface area contributed by atoms with Gasteiger partial charge in [0.05, 0.1) is 0 Å². The van der Waals surface area contributed by atoms with Gasteiger partial charge in [0.25, 0.3) is 0 Å². The van der Waals surface area contributed by atoms with Crippen LogP contribution in [0.5, 0.6) is 0 Å². The van der Waals surface area contributed by atoms with E-state index in [2.05, 4.69) is 60.5 Å². The van der Waals surface area contributed by atoms with E-state index < -0.39 is 0 Å². The summed E-state index contributed by atoms with van der Waals surface area (Å²) in [6.07, 6.45) is 4.95. The number of thioether (sulfide) groups is 1. The van der Waals surface area contributed by atoms with Gasteiger partial charge in [-0.25, -0.2) is 4.99 Å². The molecule has 0 radical (unpaired) electrons. The first kappa shape index (κ1) is 16.6. The minimum Gasteiger partial charge on any atom is -0.378 e. The fraction of sp³-hybridized carbons (Fsp3) is 0.571. The summed E-state index contributed by atoms with van der Waals surface area (Å²) < 4.78 is 0.0388. The van der Waals surface area contributed by atoms with Crippen LogP contribution in [0.4, 0.5) is 0 Å². The van der Waals surface area contributed by atoms with Gasteiger partial charge in [0.15, 0.2) is 5.17 Å². The summed E-state index contributed by atoms with van der Waals surface area (Å²) >= 11 is 3.82. The standard InChI is InChI=1S/C14H20IN3S/c1-6-9-11(10(7-16)18-12(17)19-5)13(2,3)8-14(9,4)15/h6H,8H2,1-5H3,(H2,17,18)/b9-6?,11-10+/t14-/m1/s1. The molecule has 1 saturated carbocycles. The van der Waals surface area contributed by atoms with Crippen LogP contribution in [0.2, 0.25) is 0 Å². The first-order valence-corrected chi connectivity index (χ1v) is 8.39. The normalized spacial score (nSPS) is 31.4. The highest BCUT2D eigenvalue weighted by Gasteiger charge is 2.47. The van der Waals surface area contributed by atoms with E-state index in [0.29, 0.717) is 10.9 Å². The second-order valence-corrected chi connectivity index (χ2v) is 8.66. The van der Waals surface area contributed by atoms with Crippen LogP contribution in [0.3, 0.4) is 0 Å². The molecule has 5 heteroatoms. The van der Waals surface area contributed by atoms with Gasteiger partial charge < -0.3 is 5.73 Å². The molecule has 0 spiro atoms. The van der Waals surface area contributed by atoms with E-state index in [1.807, 2.05) is 13.2 Å². The van der Waals surface area contributed by atoms with Gasteiger partial charge >= 0.3 is 0 Å². The molecule has 104 valence electrons. The zero-order valence-corrected chi connectivity index (χ0v) is 15.0. The van der Waals surface area contributed by atoms with Gasteiger partial charge in [0, 0.05) is 3.42 Å². The Morgan fingerprint density at radius 3 is 2.53 bits per heavy atom. The second-order valence-electron chi connectivity index (χ2n) is 5.45. The van der Waals surface area contributed by atoms with Gasteiger partial charge in [-0.05, 0) is 43.1 Å². The summed E-state index contributed by atoms with van der Waals surface area (Å²) in [6, 6.07) is 2.22. The Balaban J connectivity index is 3.56. The number of amidine groups is 1. The zero-order valence-electron chi connectivity index (χ0n) is 12.0. The van der Waals surface area contributed by atoms with E-state index in [1.54, 1.807) is 0 Å². The Morgan fingerprint density at radius 2 is 2.11 bits per heavy atom. The summed E-state index contributed by atoms with van der Waals surface area (Å²) in [5.74, 6) is 0. The topological polar surface area (TPSA) is 62.2 Å². The Kier molecular flexibility index (Phi) is 5.13. The number of nitrogens with two attached hydrogens (primary N) is 1. The third-order valence-corrected chi connectivity index (χ3v) is 4.82. The SMILES string of the molecule is CC=C1/C(=C(/C#N)N=C(N)SC)C(C)(C)C[C@@]1(C)I. The average molecular weight is 389 g/mol. The van der Waals surface area contributed by atoms with Crippen molar-refractivity contribution in [3.63, 3.8) is 0 Å². The molecule has 0 aromatic carbocycles. The van der Waals surface area contributed by atoms with E-state index in [4.69, 9.17) is 5.73 Å². The molecule has 0 aromatic rings. The van der Waals surface area contributed by atoms with Crippen LogP contribution < -0.4 is 5.73 Å². The number of halogens is 1. The Bertz CT molecular complexity index is 507. The van der Waals surface area contributed by atoms with Crippen LogP contribution in [-0.4, -0.2) is 14.8 Å². The van der Waals surface area contributed by atoms with Crippen LogP contribution in [0.25, 0.3) is 0 Å². The maximum Gasteiger partial charge on any atom is 0.159 e. The molecule has 0 saturated heterocycles. The third-order valence-electron chi connectivity index (χ3n) is 3.34. The maximum absolute atomic E-state index is 9.44. The monoisotopic (exact) mass is 389 g/mol. The first-order valence-electron chi connectivity index (χ1n) is 6.08. The lowest BCUT2D eigenvalue weighted by Crippen LogP contribution is -2.14. The molecule has 1 aliphatic carbocycles. The summed E-state index contributed by atoms with van der Waals surface area (Å²) in [4.78, 5) is 4.29. The number of nitrogens with zero attached hydrogens (tertiary/aromatic N) is 2. The Hall–Kier alpha value is -0.480. The van der Waals surface area contributed by atoms with E-state index in [-0.39, 0.29) is 8.84 Å². The van der Waals surface area contributed by atoms with Crippen LogP contribution in [-0.2, 0) is 0 Å². The van der Waals surface area contributed by atoms with Crippen molar-refractivity contribution in [3.05, 3.63) is 22.9 Å². The number of hydrogen-bond donors (Lipinski definition) is 1. The highest BCUT2D eigenvalue weighted by molar-refractivity contribution is 14.1. The van der Waals surface area contributed by atoms with Crippen molar-refractivity contribution in [3.8, 4) is 6.07 Å². The number of aliphatic imine (C=N–C) groups is 1. The highest BCUT2D eigenvalue weighted by atomic mass is 127. The second kappa shape index (κ2) is 5.88. The van der Waals surface area contributed by atoms with Gasteiger partial charge in [-0.15, -0.1) is 0 Å². The number of alkyl halides is 1. The summed E-state index contributed by atoms with van der Waals surface area (Å²) in [5, 5.41) is 9.87. The van der Waals surface area contributed by atoms with Crippen LogP contribution in [0.1, 0.15) is 34.1 Å². The fourth-order valence-electron chi connectivity index (χ4n) is 2.82. The summed E-state index contributed by atoms with van der Waals surface area (Å²) in [7, 11) is 0. The van der Waals surface area contributed by atoms with Crippen LogP contribution >= 0.6 is 34.4 Å². The molecule has 0 amide bonds. The van der Waals surface area contributed by atoms with Crippen molar-refractivity contribution < 1.29 is 0 Å². The lowest BCUT2D eigenvalue weighted by molar-refractivity contribution is 0.441. The van der Waals surface area contributed by atoms with Crippen LogP contribution in [0, 0.1) is 16.7 Å². The molecule has 1 aliphatic rings. The largest absolute Gasteiger partial charge is 0.378 e. The van der Waals surface area contributed by atoms with Crippen molar-refractivity contribution in [2.45, 2.75) is 37.5 Å². The first-order chi connectivity index (χ1) is 8.69. The molecule has 0 aliphatic heterocycles. The number of nitriles is 1. The van der Waals surface area contributed by atoms with Gasteiger partial charge in [-0.2, -0.15) is 5.26 Å². The van der Waals surface area contributed by atoms with Gasteiger partial charge in [-0.3, -0.25) is 0 Å². The van der Waals surface area contributed by atoms with Crippen molar-refractivity contribution in [1.82, 2.24) is 0 Å². The molecule has 1 rings (SSSR count). The fourth-order valence-corrected chi connectivity index (χ4v) is 4.54. The van der Waals surface area contributed by atoms with E-state index in [1.165, 1.54) is 17.3 Å². The smallest absolute Gasteiger partial charge is 0.159 e. The molecule has 3 nitrogen and oxygen atoms in total. The molecule has 1 fully saturated rings. The number of allylic oxidation sites excluding steroid dienone is 4. The van der Waals surface area contributed by atoms with Crippen molar-refractivity contribution in [2.75, 3.05) is 6.26 Å². The summed E-state index contributed by atoms with van der Waals surface area (Å²) in [5.41, 5.74) is 8.39. The molecule has 1 atom stereocenters. The molecule has 0 bridgehead atoms. The molecule has 19 heavy (non-hydrogen) atoms. The molecular weight excluding hydrogens is 369 g/mol. The van der Waals surface area contributed by atoms with Crippen molar-refractivity contribution in [2.24, 2.45) is 16.1 Å². The van der Waals surface area contributed by atoms with E-state index in [9.17, 15) is 5.26 Å². The third kappa shape index (κ3) is 3.34. The van der Waals surface area contributed by atoms with Gasteiger partial charge in [-0.1, -0.05) is 54.3 Å². The molecular formula is C14H20IN3S. The molecule has 2 N–H and O–H groups in total. The highest BCUT2D eigenvalue weighted by Crippen LogP contribution is 2.56. The van der Waals surface area contributed by atoms with Gasteiger partial charge in [0.1, 0.15) is 11.8 Å². The molecule has 0 unspecified atom stereocenters. The minimum atomic E-state index is -0.0644. The molecule has 0 heterocycles. The minimum absolute atomic E-state index is 0.0388. The Labute approximate surface area is 133 Å². The predicted octanol–water partition coefficient (Wildman–Crippen LogP) is 4.01. The maximum atomic E-state index is 9.44. The quantitative estimate of drug-likeness (QED) is 0.242. The lowest BCUT2D eigenvalue weighted by Gasteiger charge is -2.20. The number of hydrogen-bond acceptors (Lipinski definition) is 3. The number of rotatable bonds is 1. The average Bonchev–Trinajstić information content (AvgIpc) is 2.49. The van der Waals surface area contributed by atoms with Crippen LogP contribution in [0.15, 0.2) is 27.9 Å². The van der Waals surface area contributed by atoms with Crippen molar-refractivity contribution >= 4 is 39.5 Å². The van der Waals surface area contributed by atoms with E-state index >= 15 is 0 Å². The van der Waals surface area contributed by atoms with Crippen molar-refractivity contribution in [1.29, 1.82) is 5.26 Å². The molecule has 0 aromatic heterocycles. The summed E-state index contributed by atoms with van der Waals surface area (Å²) in [6.45, 7) is 8.55. The van der Waals surface area contributed by atoms with E-state index in [0.717, 1.165) is 12.0 Å². The zero-order chi connectivity index (χ0) is 14.8. The Morgan fingerprint density at radius 1 is 1.53 bits per heavy atom. The predicted molar refractivity (Wildman–Crippen MR) is 92.4 cm³/mol.